The Labute approximate surface area is 174 Å². The summed E-state index contributed by atoms with van der Waals surface area (Å²) in [6.07, 6.45) is 10.7. The fourth-order valence-electron chi connectivity index (χ4n) is 4.41. The summed E-state index contributed by atoms with van der Waals surface area (Å²) in [7, 11) is 4.00. The standard InChI is InChI=1S/C21H32ClN3OS/c1-24(17-7-5-3-4-6-8-17)18-11-13-25(14-12-18)21(27)23-19-15-16(22)9-10-20(19)26-2/h9-10,15,17-18H,3-8,11-14H2,1-2H3,(H,23,27). The van der Waals surface area contributed by atoms with E-state index in [1.807, 2.05) is 18.2 Å². The number of hydrogen-bond acceptors (Lipinski definition) is 3. The molecule has 0 bridgehead atoms. The lowest BCUT2D eigenvalue weighted by atomic mass is 9.99. The summed E-state index contributed by atoms with van der Waals surface area (Å²) < 4.78 is 5.41. The topological polar surface area (TPSA) is 27.7 Å². The molecule has 0 unspecified atom stereocenters. The van der Waals surface area contributed by atoms with Crippen LogP contribution in [0.5, 0.6) is 5.75 Å². The van der Waals surface area contributed by atoms with Crippen LogP contribution in [0.3, 0.4) is 0 Å². The number of nitrogens with zero attached hydrogens (tertiary/aromatic N) is 2. The largest absolute Gasteiger partial charge is 0.495 e. The molecule has 1 N–H and O–H groups in total. The number of likely N-dealkylation sites (tertiary alicyclic amines) is 1. The minimum atomic E-state index is 0.671. The van der Waals surface area contributed by atoms with Gasteiger partial charge >= 0.3 is 0 Å². The van der Waals surface area contributed by atoms with Gasteiger partial charge in [-0.15, -0.1) is 0 Å². The fourth-order valence-corrected chi connectivity index (χ4v) is 4.88. The minimum absolute atomic E-state index is 0.671. The number of piperidine rings is 1. The highest BCUT2D eigenvalue weighted by Crippen LogP contribution is 2.29. The van der Waals surface area contributed by atoms with E-state index in [2.05, 4.69) is 22.2 Å². The third kappa shape index (κ3) is 5.49. The number of nitrogens with one attached hydrogen (secondary N) is 1. The molecule has 1 heterocycles. The minimum Gasteiger partial charge on any atom is -0.495 e. The molecule has 1 aliphatic heterocycles. The number of benzene rings is 1. The number of hydrogen-bond donors (Lipinski definition) is 1. The van der Waals surface area contributed by atoms with Gasteiger partial charge < -0.3 is 19.9 Å². The zero-order chi connectivity index (χ0) is 19.2. The predicted octanol–water partition coefficient (Wildman–Crippen LogP) is 5.16. The Morgan fingerprint density at radius 3 is 2.37 bits per heavy atom. The number of anilines is 1. The van der Waals surface area contributed by atoms with Crippen molar-refractivity contribution in [2.24, 2.45) is 0 Å². The highest BCUT2D eigenvalue weighted by molar-refractivity contribution is 7.80. The second kappa shape index (κ2) is 9.94. The average molecular weight is 410 g/mol. The number of methoxy groups -OCH3 is 1. The fraction of sp³-hybridized carbons (Fsp3) is 0.667. The second-order valence-electron chi connectivity index (χ2n) is 7.80. The van der Waals surface area contributed by atoms with Crippen LogP contribution in [0.4, 0.5) is 5.69 Å². The molecule has 0 atom stereocenters. The molecule has 3 rings (SSSR count). The van der Waals surface area contributed by atoms with E-state index in [0.717, 1.165) is 35.7 Å². The molecule has 0 aromatic heterocycles. The highest BCUT2D eigenvalue weighted by atomic mass is 35.5. The lowest BCUT2D eigenvalue weighted by molar-refractivity contribution is 0.111. The van der Waals surface area contributed by atoms with Crippen LogP contribution in [0.1, 0.15) is 51.4 Å². The van der Waals surface area contributed by atoms with Crippen molar-refractivity contribution in [3.05, 3.63) is 23.2 Å². The maximum atomic E-state index is 6.12. The average Bonchev–Trinajstić information content (AvgIpc) is 2.97. The predicted molar refractivity (Wildman–Crippen MR) is 118 cm³/mol. The second-order valence-corrected chi connectivity index (χ2v) is 8.63. The summed E-state index contributed by atoms with van der Waals surface area (Å²) in [5.41, 5.74) is 0.827. The Morgan fingerprint density at radius 1 is 1.11 bits per heavy atom. The van der Waals surface area contributed by atoms with Crippen molar-refractivity contribution in [1.29, 1.82) is 0 Å². The molecular weight excluding hydrogens is 378 g/mol. The Morgan fingerprint density at radius 2 is 1.74 bits per heavy atom. The van der Waals surface area contributed by atoms with Crippen molar-refractivity contribution < 1.29 is 4.74 Å². The Bertz CT molecular complexity index is 626. The van der Waals surface area contributed by atoms with Gasteiger partial charge in [0.15, 0.2) is 5.11 Å². The summed E-state index contributed by atoms with van der Waals surface area (Å²) in [4.78, 5) is 4.94. The van der Waals surface area contributed by atoms with Gasteiger partial charge in [-0.2, -0.15) is 0 Å². The number of thiocarbonyl (C=S) groups is 1. The maximum absolute atomic E-state index is 6.12. The van der Waals surface area contributed by atoms with Crippen molar-refractivity contribution in [2.75, 3.05) is 32.6 Å². The molecule has 27 heavy (non-hydrogen) atoms. The van der Waals surface area contributed by atoms with Gasteiger partial charge in [-0.05, 0) is 63.1 Å². The van der Waals surface area contributed by atoms with E-state index in [1.54, 1.807) is 7.11 Å². The molecule has 1 aromatic carbocycles. The first-order valence-corrected chi connectivity index (χ1v) is 11.0. The Kier molecular flexibility index (Phi) is 7.62. The molecule has 6 heteroatoms. The van der Waals surface area contributed by atoms with Crippen LogP contribution in [0.25, 0.3) is 0 Å². The van der Waals surface area contributed by atoms with Gasteiger partial charge in [0.25, 0.3) is 0 Å². The van der Waals surface area contributed by atoms with Crippen LogP contribution in [0.2, 0.25) is 5.02 Å². The van der Waals surface area contributed by atoms with Crippen LogP contribution in [-0.2, 0) is 0 Å². The number of rotatable bonds is 4. The first kappa shape index (κ1) is 20.7. The van der Waals surface area contributed by atoms with Gasteiger partial charge in [-0.25, -0.2) is 0 Å². The van der Waals surface area contributed by atoms with Gasteiger partial charge in [0.05, 0.1) is 12.8 Å². The van der Waals surface area contributed by atoms with Gasteiger partial charge in [-0.3, -0.25) is 0 Å². The van der Waals surface area contributed by atoms with E-state index in [9.17, 15) is 0 Å². The summed E-state index contributed by atoms with van der Waals surface area (Å²) in [6, 6.07) is 6.99. The van der Waals surface area contributed by atoms with Gasteiger partial charge in [-0.1, -0.05) is 37.3 Å². The number of ether oxygens (including phenoxy) is 1. The molecule has 0 radical (unpaired) electrons. The van der Waals surface area contributed by atoms with E-state index < -0.39 is 0 Å². The van der Waals surface area contributed by atoms with Gasteiger partial charge in [0.1, 0.15) is 5.75 Å². The Balaban J connectivity index is 1.52. The summed E-state index contributed by atoms with van der Waals surface area (Å²) in [5.74, 6) is 0.754. The van der Waals surface area contributed by atoms with Gasteiger partial charge in [0, 0.05) is 30.2 Å². The lowest BCUT2D eigenvalue weighted by Crippen LogP contribution is -2.49. The number of halogens is 1. The quantitative estimate of drug-likeness (QED) is 0.547. The van der Waals surface area contributed by atoms with E-state index in [0.29, 0.717) is 11.1 Å². The van der Waals surface area contributed by atoms with E-state index in [1.165, 1.54) is 51.4 Å². The van der Waals surface area contributed by atoms with Crippen LogP contribution < -0.4 is 10.1 Å². The molecule has 1 saturated heterocycles. The first-order chi connectivity index (χ1) is 13.1. The SMILES string of the molecule is COc1ccc(Cl)cc1NC(=S)N1CCC(N(C)C2CCCCCC2)CC1. The summed E-state index contributed by atoms with van der Waals surface area (Å²) >= 11 is 11.8. The summed E-state index contributed by atoms with van der Waals surface area (Å²) in [6.45, 7) is 1.99. The smallest absolute Gasteiger partial charge is 0.173 e. The van der Waals surface area contributed by atoms with Crippen LogP contribution in [0.15, 0.2) is 18.2 Å². The highest BCUT2D eigenvalue weighted by Gasteiger charge is 2.28. The summed E-state index contributed by atoms with van der Waals surface area (Å²) in [5, 5.41) is 4.75. The molecule has 4 nitrogen and oxygen atoms in total. The van der Waals surface area contributed by atoms with Gasteiger partial charge in [0.2, 0.25) is 0 Å². The van der Waals surface area contributed by atoms with Crippen molar-refractivity contribution in [3.63, 3.8) is 0 Å². The van der Waals surface area contributed by atoms with Crippen molar-refractivity contribution in [2.45, 2.75) is 63.5 Å². The zero-order valence-corrected chi connectivity index (χ0v) is 18.1. The van der Waals surface area contributed by atoms with Crippen LogP contribution in [0, 0.1) is 0 Å². The van der Waals surface area contributed by atoms with E-state index >= 15 is 0 Å². The van der Waals surface area contributed by atoms with Crippen LogP contribution in [-0.4, -0.2) is 54.2 Å². The molecule has 1 aliphatic carbocycles. The molecule has 2 fully saturated rings. The maximum Gasteiger partial charge on any atom is 0.173 e. The third-order valence-electron chi connectivity index (χ3n) is 6.13. The van der Waals surface area contributed by atoms with E-state index in [-0.39, 0.29) is 0 Å². The van der Waals surface area contributed by atoms with Crippen LogP contribution >= 0.6 is 23.8 Å². The van der Waals surface area contributed by atoms with Crippen molar-refractivity contribution in [1.82, 2.24) is 9.80 Å². The molecule has 150 valence electrons. The first-order valence-electron chi connectivity index (χ1n) is 10.2. The molecular formula is C21H32ClN3OS. The van der Waals surface area contributed by atoms with Crippen molar-refractivity contribution in [3.8, 4) is 5.75 Å². The monoisotopic (exact) mass is 409 g/mol. The normalized spacial score (nSPS) is 19.8. The third-order valence-corrected chi connectivity index (χ3v) is 6.73. The molecule has 2 aliphatic rings. The zero-order valence-electron chi connectivity index (χ0n) is 16.5. The molecule has 1 saturated carbocycles. The molecule has 0 amide bonds. The van der Waals surface area contributed by atoms with E-state index in [4.69, 9.17) is 28.6 Å². The lowest BCUT2D eigenvalue weighted by Gasteiger charge is -2.41. The molecule has 0 spiro atoms. The Hall–Kier alpha value is -1.04. The molecule has 1 aromatic rings. The van der Waals surface area contributed by atoms with Crippen molar-refractivity contribution >= 4 is 34.6 Å².